The number of fused-ring (bicyclic) bond motifs is 2. The molecule has 1 heterocycles. The molecule has 20 heavy (non-hydrogen) atoms. The minimum Gasteiger partial charge on any atom is -0.460 e. The molecule has 3 aliphatic rings. The lowest BCUT2D eigenvalue weighted by Gasteiger charge is -2.52. The van der Waals surface area contributed by atoms with Crippen LogP contribution in [-0.2, 0) is 14.3 Å². The molecule has 1 aliphatic heterocycles. The monoisotopic (exact) mass is 280 g/mol. The number of hydrogen-bond donors (Lipinski definition) is 0. The number of ether oxygens (including phenoxy) is 2. The standard InChI is InChI=1S/C17H28O3/c1-12(18)20-15(2,3)13-6-9-16(4)7-5-8-17(11-19-17)14(16)10-13/h13-14H,5-11H2,1-4H3. The first kappa shape index (κ1) is 14.4. The third-order valence-corrected chi connectivity index (χ3v) is 6.31. The average molecular weight is 280 g/mol. The highest BCUT2D eigenvalue weighted by Crippen LogP contribution is 2.61. The third kappa shape index (κ3) is 2.28. The molecule has 1 saturated heterocycles. The summed E-state index contributed by atoms with van der Waals surface area (Å²) in [7, 11) is 0. The van der Waals surface area contributed by atoms with Gasteiger partial charge in [-0.3, -0.25) is 4.79 Å². The Balaban J connectivity index is 1.77. The highest BCUT2D eigenvalue weighted by molar-refractivity contribution is 5.66. The molecule has 4 atom stereocenters. The lowest BCUT2D eigenvalue weighted by atomic mass is 9.53. The van der Waals surface area contributed by atoms with Crippen molar-refractivity contribution < 1.29 is 14.3 Å². The highest BCUT2D eigenvalue weighted by Gasteiger charge is 2.61. The largest absolute Gasteiger partial charge is 0.460 e. The van der Waals surface area contributed by atoms with E-state index >= 15 is 0 Å². The van der Waals surface area contributed by atoms with Crippen LogP contribution in [0.15, 0.2) is 0 Å². The molecule has 3 rings (SSSR count). The molecule has 0 aromatic rings. The summed E-state index contributed by atoms with van der Waals surface area (Å²) in [5.74, 6) is 0.949. The van der Waals surface area contributed by atoms with Gasteiger partial charge in [0.15, 0.2) is 0 Å². The molecule has 0 aromatic carbocycles. The Morgan fingerprint density at radius 2 is 2.00 bits per heavy atom. The van der Waals surface area contributed by atoms with Crippen molar-refractivity contribution in [1.82, 2.24) is 0 Å². The van der Waals surface area contributed by atoms with Crippen LogP contribution in [0, 0.1) is 17.3 Å². The lowest BCUT2D eigenvalue weighted by molar-refractivity contribution is -0.164. The van der Waals surface area contributed by atoms with Gasteiger partial charge in [-0.15, -0.1) is 0 Å². The van der Waals surface area contributed by atoms with Crippen molar-refractivity contribution in [2.24, 2.45) is 17.3 Å². The molecule has 0 N–H and O–H groups in total. The van der Waals surface area contributed by atoms with Crippen LogP contribution in [0.25, 0.3) is 0 Å². The summed E-state index contributed by atoms with van der Waals surface area (Å²) in [5, 5.41) is 0. The second-order valence-corrected chi connectivity index (χ2v) is 8.08. The molecule has 0 bridgehead atoms. The van der Waals surface area contributed by atoms with Crippen LogP contribution in [0.1, 0.15) is 66.2 Å². The van der Waals surface area contributed by atoms with E-state index in [0.717, 1.165) is 13.0 Å². The van der Waals surface area contributed by atoms with Gasteiger partial charge >= 0.3 is 5.97 Å². The maximum absolute atomic E-state index is 11.3. The molecule has 0 aromatic heterocycles. The van der Waals surface area contributed by atoms with E-state index in [-0.39, 0.29) is 17.2 Å². The van der Waals surface area contributed by atoms with Gasteiger partial charge in [-0.2, -0.15) is 0 Å². The van der Waals surface area contributed by atoms with Gasteiger partial charge in [-0.05, 0) is 69.6 Å². The molecule has 0 amide bonds. The zero-order valence-electron chi connectivity index (χ0n) is 13.3. The molecule has 3 heteroatoms. The minimum absolute atomic E-state index is 0.163. The maximum Gasteiger partial charge on any atom is 0.303 e. The molecular weight excluding hydrogens is 252 g/mol. The van der Waals surface area contributed by atoms with Gasteiger partial charge < -0.3 is 9.47 Å². The minimum atomic E-state index is -0.347. The quantitative estimate of drug-likeness (QED) is 0.572. The van der Waals surface area contributed by atoms with E-state index in [1.807, 2.05) is 0 Å². The second-order valence-electron chi connectivity index (χ2n) is 8.08. The van der Waals surface area contributed by atoms with Crippen molar-refractivity contribution in [1.29, 1.82) is 0 Å². The van der Waals surface area contributed by atoms with Gasteiger partial charge in [0.25, 0.3) is 0 Å². The first-order valence-electron chi connectivity index (χ1n) is 8.11. The van der Waals surface area contributed by atoms with Gasteiger partial charge in [-0.25, -0.2) is 0 Å². The van der Waals surface area contributed by atoms with Gasteiger partial charge in [0.1, 0.15) is 5.60 Å². The number of hydrogen-bond acceptors (Lipinski definition) is 3. The van der Waals surface area contributed by atoms with Gasteiger partial charge in [0.2, 0.25) is 0 Å². The van der Waals surface area contributed by atoms with E-state index < -0.39 is 0 Å². The van der Waals surface area contributed by atoms with Crippen LogP contribution in [-0.4, -0.2) is 23.8 Å². The number of epoxide rings is 1. The van der Waals surface area contributed by atoms with Gasteiger partial charge in [0.05, 0.1) is 12.2 Å². The summed E-state index contributed by atoms with van der Waals surface area (Å²) in [6.45, 7) is 9.07. The summed E-state index contributed by atoms with van der Waals surface area (Å²) in [6, 6.07) is 0. The normalized spacial score (nSPS) is 44.0. The number of carbonyl (C=O) groups excluding carboxylic acids is 1. The van der Waals surface area contributed by atoms with Gasteiger partial charge in [0, 0.05) is 6.92 Å². The van der Waals surface area contributed by atoms with Gasteiger partial charge in [-0.1, -0.05) is 6.92 Å². The van der Waals surface area contributed by atoms with E-state index in [1.54, 1.807) is 0 Å². The first-order valence-corrected chi connectivity index (χ1v) is 8.11. The van der Waals surface area contributed by atoms with Crippen molar-refractivity contribution in [3.05, 3.63) is 0 Å². The Labute approximate surface area is 122 Å². The Morgan fingerprint density at radius 1 is 1.30 bits per heavy atom. The van der Waals surface area contributed by atoms with Crippen LogP contribution >= 0.6 is 0 Å². The van der Waals surface area contributed by atoms with Crippen LogP contribution in [0.5, 0.6) is 0 Å². The number of esters is 1. The molecule has 2 saturated carbocycles. The summed E-state index contributed by atoms with van der Waals surface area (Å²) in [4.78, 5) is 11.3. The van der Waals surface area contributed by atoms with Crippen molar-refractivity contribution in [3.8, 4) is 0 Å². The zero-order chi connectivity index (χ0) is 14.6. The van der Waals surface area contributed by atoms with E-state index in [1.165, 1.54) is 39.0 Å². The maximum atomic E-state index is 11.3. The van der Waals surface area contributed by atoms with E-state index in [0.29, 0.717) is 17.3 Å². The molecule has 0 radical (unpaired) electrons. The van der Waals surface area contributed by atoms with Crippen LogP contribution in [0.3, 0.4) is 0 Å². The fourth-order valence-electron chi connectivity index (χ4n) is 5.00. The average Bonchev–Trinajstić information content (AvgIpc) is 3.07. The van der Waals surface area contributed by atoms with Crippen molar-refractivity contribution in [2.45, 2.75) is 77.4 Å². The summed E-state index contributed by atoms with van der Waals surface area (Å²) in [5.41, 5.74) is 0.274. The smallest absolute Gasteiger partial charge is 0.303 e. The fourth-order valence-corrected chi connectivity index (χ4v) is 5.00. The number of carbonyl (C=O) groups is 1. The summed E-state index contributed by atoms with van der Waals surface area (Å²) < 4.78 is 11.5. The Morgan fingerprint density at radius 3 is 2.60 bits per heavy atom. The summed E-state index contributed by atoms with van der Waals surface area (Å²) in [6.07, 6.45) is 7.45. The molecule has 3 nitrogen and oxygen atoms in total. The second kappa shape index (κ2) is 4.46. The zero-order valence-corrected chi connectivity index (χ0v) is 13.3. The Bertz CT molecular complexity index is 410. The fraction of sp³-hybridized carbons (Fsp3) is 0.941. The Kier molecular flexibility index (Phi) is 3.20. The molecule has 4 unspecified atom stereocenters. The molecule has 3 fully saturated rings. The highest BCUT2D eigenvalue weighted by atomic mass is 16.6. The van der Waals surface area contributed by atoms with Crippen LogP contribution in [0.2, 0.25) is 0 Å². The van der Waals surface area contributed by atoms with Crippen molar-refractivity contribution >= 4 is 5.97 Å². The van der Waals surface area contributed by atoms with E-state index in [9.17, 15) is 4.79 Å². The first-order chi connectivity index (χ1) is 9.28. The molecule has 2 aliphatic carbocycles. The predicted molar refractivity (Wildman–Crippen MR) is 77.3 cm³/mol. The van der Waals surface area contributed by atoms with Crippen LogP contribution in [0.4, 0.5) is 0 Å². The third-order valence-electron chi connectivity index (χ3n) is 6.31. The lowest BCUT2D eigenvalue weighted by Crippen LogP contribution is -2.50. The predicted octanol–water partition coefficient (Wildman–Crippen LogP) is 3.70. The van der Waals surface area contributed by atoms with Crippen molar-refractivity contribution in [2.75, 3.05) is 6.61 Å². The van der Waals surface area contributed by atoms with E-state index in [2.05, 4.69) is 20.8 Å². The Hall–Kier alpha value is -0.570. The summed E-state index contributed by atoms with van der Waals surface area (Å²) >= 11 is 0. The molecular formula is C17H28O3. The number of rotatable bonds is 2. The molecule has 114 valence electrons. The SMILES string of the molecule is CC(=O)OC(C)(C)C1CCC2(C)CCCC3(CO3)C2C1. The van der Waals surface area contributed by atoms with Crippen LogP contribution < -0.4 is 0 Å². The molecule has 1 spiro atoms. The topological polar surface area (TPSA) is 38.8 Å². The van der Waals surface area contributed by atoms with E-state index in [4.69, 9.17) is 9.47 Å². The van der Waals surface area contributed by atoms with Crippen molar-refractivity contribution in [3.63, 3.8) is 0 Å².